The molecule has 4 aliphatic rings. The highest BCUT2D eigenvalue weighted by Gasteiger charge is 2.43. The fourth-order valence-corrected chi connectivity index (χ4v) is 16.3. The van der Waals surface area contributed by atoms with Crippen molar-refractivity contribution in [2.75, 3.05) is 15.7 Å². The second kappa shape index (κ2) is 23.2. The average Bonchev–Trinajstić information content (AvgIpc) is 2.17. The highest BCUT2D eigenvalue weighted by molar-refractivity contribution is 8.07. The molecule has 1 unspecified atom stereocenters. The molecule has 0 saturated carbocycles. The maximum absolute atomic E-state index is 2.90. The number of hydrogen-bond donors (Lipinski definition) is 0. The van der Waals surface area contributed by atoms with Gasteiger partial charge in [0.25, 0.3) is 0 Å². The van der Waals surface area contributed by atoms with Crippen molar-refractivity contribution >= 4 is 34.9 Å². The second-order valence-corrected chi connectivity index (χ2v) is 37.0. The van der Waals surface area contributed by atoms with E-state index in [0.29, 0.717) is 5.92 Å². The Morgan fingerprint density at radius 3 is 1.03 bits per heavy atom. The molecule has 2 aliphatic heterocycles. The molecule has 1 atom stereocenters. The second-order valence-electron chi connectivity index (χ2n) is 35.0. The van der Waals surface area contributed by atoms with Crippen molar-refractivity contribution in [2.45, 2.75) is 261 Å². The van der Waals surface area contributed by atoms with Crippen LogP contribution in [-0.4, -0.2) is 5.88 Å². The lowest BCUT2D eigenvalue weighted by atomic mass is 9.77. The summed E-state index contributed by atoms with van der Waals surface area (Å²) in [5.41, 5.74) is 28.4. The molecule has 0 spiro atoms. The van der Waals surface area contributed by atoms with Crippen LogP contribution < -0.4 is 9.80 Å². The molecule has 2 aliphatic carbocycles. The molecular formula is C84H110N2S2. The Hall–Kier alpha value is -5.16. The van der Waals surface area contributed by atoms with Crippen molar-refractivity contribution in [1.29, 1.82) is 0 Å². The van der Waals surface area contributed by atoms with Gasteiger partial charge in [-0.25, -0.2) is 0 Å². The Kier molecular flexibility index (Phi) is 17.3. The molecule has 0 aromatic heterocycles. The van der Waals surface area contributed by atoms with Crippen molar-refractivity contribution in [1.82, 2.24) is 0 Å². The third kappa shape index (κ3) is 13.2. The maximum atomic E-state index is 2.90. The summed E-state index contributed by atoms with van der Waals surface area (Å²) in [4.78, 5) is 8.90. The number of rotatable bonds is 7. The van der Waals surface area contributed by atoms with Crippen molar-refractivity contribution in [2.24, 2.45) is 5.92 Å². The molecule has 0 N–H and O–H groups in total. The van der Waals surface area contributed by atoms with Gasteiger partial charge in [0.15, 0.2) is 0 Å². The topological polar surface area (TPSA) is 6.48 Å². The molecule has 2 nitrogen and oxygen atoms in total. The standard InChI is InChI=1S/C84H110N2S2/c1-26-52-37-38-69(74-75(52)87-51-85(74)72-65(53-39-57(77(2,3)4)47-58(40-53)78(5,6)7)31-29-32-66(72)54-41-59(79(8,9)10)48-60(42-54)80(11,12)13)76-86(70-35-27-28-36-71(70)88-76)73-67(55-43-61(81(14,15)16)49-62(44-55)82(17,18)19)33-30-34-68(73)56-45-63(83(20,21)22)50-64(46-56)84(23,24)25/h29-34,39-50,52H,26-28,35-38,51H2,1-25H3. The van der Waals surface area contributed by atoms with Crippen molar-refractivity contribution in [3.05, 3.63) is 186 Å². The van der Waals surface area contributed by atoms with E-state index in [1.54, 1.807) is 9.81 Å². The van der Waals surface area contributed by atoms with Crippen LogP contribution in [0.1, 0.15) is 263 Å². The number of benzene rings is 6. The molecule has 88 heavy (non-hydrogen) atoms. The van der Waals surface area contributed by atoms with E-state index < -0.39 is 0 Å². The number of thioether (sulfide) groups is 2. The molecule has 468 valence electrons. The van der Waals surface area contributed by atoms with E-state index in [0.717, 1.165) is 38.0 Å². The van der Waals surface area contributed by atoms with Crippen LogP contribution >= 0.6 is 23.5 Å². The Balaban J connectivity index is 1.34. The SMILES string of the molecule is CCC1CCC(=C2SC3=C(CCCC3)N2c2c(-c3cc(C(C)(C)C)cc(C(C)(C)C)c3)cccc2-c2cc(C(C)(C)C)cc(C(C)(C)C)c2)C2=C1SCN2c1c(-c2cc(C(C)(C)C)cc(C(C)(C)C)c2)cccc1-c1cc(C(C)(C)C)cc(C(C)(C)C)c1. The van der Waals surface area contributed by atoms with Gasteiger partial charge in [0.2, 0.25) is 0 Å². The minimum absolute atomic E-state index is 0.0416. The van der Waals surface area contributed by atoms with Crippen LogP contribution in [-0.2, 0) is 43.3 Å². The minimum Gasteiger partial charge on any atom is -0.329 e. The first-order chi connectivity index (χ1) is 40.6. The average molecular weight is 1210 g/mol. The molecule has 0 fully saturated rings. The molecule has 0 bridgehead atoms. The van der Waals surface area contributed by atoms with Crippen molar-refractivity contribution in [3.63, 3.8) is 0 Å². The summed E-state index contributed by atoms with van der Waals surface area (Å²) in [7, 11) is 0. The zero-order valence-corrected chi connectivity index (χ0v) is 61.0. The third-order valence-electron chi connectivity index (χ3n) is 19.6. The van der Waals surface area contributed by atoms with Crippen molar-refractivity contribution < 1.29 is 0 Å². The molecule has 2 heterocycles. The molecule has 4 heteroatoms. The first-order valence-electron chi connectivity index (χ1n) is 33.6. The number of allylic oxidation sites excluding steroid dienone is 4. The lowest BCUT2D eigenvalue weighted by molar-refractivity contribution is 0.542. The van der Waals surface area contributed by atoms with Gasteiger partial charge < -0.3 is 9.80 Å². The Labute approximate surface area is 544 Å². The van der Waals surface area contributed by atoms with Gasteiger partial charge in [0.1, 0.15) is 0 Å². The predicted octanol–water partition coefficient (Wildman–Crippen LogP) is 25.5. The number of anilines is 2. The van der Waals surface area contributed by atoms with E-state index in [2.05, 4.69) is 316 Å². The highest BCUT2D eigenvalue weighted by atomic mass is 32.2. The summed E-state index contributed by atoms with van der Waals surface area (Å²) < 4.78 is 0. The Morgan fingerprint density at radius 2 is 0.716 bits per heavy atom. The fraction of sp³-hybridized carbons (Fsp3) is 0.500. The van der Waals surface area contributed by atoms with Crippen LogP contribution in [0.25, 0.3) is 44.5 Å². The number of para-hydroxylation sites is 2. The van der Waals surface area contributed by atoms with Gasteiger partial charge in [-0.3, -0.25) is 0 Å². The smallest absolute Gasteiger partial charge is 0.0896 e. The van der Waals surface area contributed by atoms with Gasteiger partial charge in [-0.1, -0.05) is 294 Å². The zero-order chi connectivity index (χ0) is 64.4. The number of nitrogens with zero attached hydrogens (tertiary/aromatic N) is 2. The summed E-state index contributed by atoms with van der Waals surface area (Å²) >= 11 is 4.26. The van der Waals surface area contributed by atoms with E-state index in [-0.39, 0.29) is 43.3 Å². The van der Waals surface area contributed by atoms with Gasteiger partial charge in [-0.15, -0.1) is 11.8 Å². The van der Waals surface area contributed by atoms with E-state index in [4.69, 9.17) is 0 Å². The molecule has 10 rings (SSSR count). The van der Waals surface area contributed by atoms with Crippen LogP contribution in [0.15, 0.2) is 141 Å². The van der Waals surface area contributed by atoms with Gasteiger partial charge in [-0.2, -0.15) is 0 Å². The van der Waals surface area contributed by atoms with Crippen LogP contribution in [0.3, 0.4) is 0 Å². The summed E-state index contributed by atoms with van der Waals surface area (Å²) in [5.74, 6) is 1.35. The molecular weight excluding hydrogens is 1100 g/mol. The summed E-state index contributed by atoms with van der Waals surface area (Å²) in [6.07, 6.45) is 7.88. The quantitative estimate of drug-likeness (QED) is 0.157. The van der Waals surface area contributed by atoms with Gasteiger partial charge in [-0.05, 0) is 161 Å². The third-order valence-corrected chi connectivity index (χ3v) is 22.1. The summed E-state index contributed by atoms with van der Waals surface area (Å²) in [6.45, 7) is 59.8. The maximum Gasteiger partial charge on any atom is 0.0896 e. The Bertz CT molecular complexity index is 3460. The minimum atomic E-state index is -0.0452. The van der Waals surface area contributed by atoms with Crippen LogP contribution in [0.2, 0.25) is 0 Å². The van der Waals surface area contributed by atoms with E-state index >= 15 is 0 Å². The lowest BCUT2D eigenvalue weighted by Gasteiger charge is -2.37. The number of hydrogen-bond acceptors (Lipinski definition) is 4. The first-order valence-corrected chi connectivity index (χ1v) is 35.4. The predicted molar refractivity (Wildman–Crippen MR) is 392 cm³/mol. The van der Waals surface area contributed by atoms with Crippen LogP contribution in [0.5, 0.6) is 0 Å². The van der Waals surface area contributed by atoms with E-state index in [1.165, 1.54) is 135 Å². The summed E-state index contributed by atoms with van der Waals surface area (Å²) in [6, 6.07) is 45.0. The normalized spacial score (nSPS) is 18.4. The Morgan fingerprint density at radius 1 is 0.398 bits per heavy atom. The van der Waals surface area contributed by atoms with Crippen molar-refractivity contribution in [3.8, 4) is 44.5 Å². The largest absolute Gasteiger partial charge is 0.329 e. The highest BCUT2D eigenvalue weighted by Crippen LogP contribution is 2.61. The summed E-state index contributed by atoms with van der Waals surface area (Å²) in [5, 5.41) is 1.43. The molecule has 6 aromatic carbocycles. The lowest BCUT2D eigenvalue weighted by Crippen LogP contribution is -2.28. The van der Waals surface area contributed by atoms with Gasteiger partial charge in [0, 0.05) is 43.3 Å². The molecule has 6 aromatic rings. The molecule has 0 amide bonds. The van der Waals surface area contributed by atoms with Gasteiger partial charge >= 0.3 is 0 Å². The van der Waals surface area contributed by atoms with E-state index in [1.807, 2.05) is 0 Å². The van der Waals surface area contributed by atoms with Gasteiger partial charge in [0.05, 0.1) is 28.0 Å². The van der Waals surface area contributed by atoms with Crippen LogP contribution in [0, 0.1) is 5.92 Å². The zero-order valence-electron chi connectivity index (χ0n) is 59.3. The monoisotopic (exact) mass is 1210 g/mol. The molecule has 0 saturated heterocycles. The van der Waals surface area contributed by atoms with E-state index in [9.17, 15) is 0 Å². The fourth-order valence-electron chi connectivity index (χ4n) is 13.4. The molecule has 0 radical (unpaired) electrons. The van der Waals surface area contributed by atoms with Crippen LogP contribution in [0.4, 0.5) is 11.4 Å². The first kappa shape index (κ1) is 65.8.